The van der Waals surface area contributed by atoms with Gasteiger partial charge in [0.1, 0.15) is 10.6 Å². The third-order valence-corrected chi connectivity index (χ3v) is 3.44. The molecule has 21 heavy (non-hydrogen) atoms. The summed E-state index contributed by atoms with van der Waals surface area (Å²) in [6.45, 7) is 3.63. The maximum absolute atomic E-state index is 11.7. The van der Waals surface area contributed by atoms with Crippen molar-refractivity contribution in [2.24, 2.45) is 0 Å². The van der Waals surface area contributed by atoms with Crippen molar-refractivity contribution in [3.63, 3.8) is 0 Å². The highest BCUT2D eigenvalue weighted by molar-refractivity contribution is 8.00. The van der Waals surface area contributed by atoms with Crippen LogP contribution in [0.3, 0.4) is 0 Å². The zero-order valence-corrected chi connectivity index (χ0v) is 12.7. The molecule has 1 atom stereocenters. The van der Waals surface area contributed by atoms with Crippen LogP contribution in [0.2, 0.25) is 0 Å². The molecule has 3 N–H and O–H groups in total. The fourth-order valence-corrected chi connectivity index (χ4v) is 2.54. The summed E-state index contributed by atoms with van der Waals surface area (Å²) in [6.07, 6.45) is 0. The van der Waals surface area contributed by atoms with Gasteiger partial charge in [0.15, 0.2) is 0 Å². The molecule has 1 aromatic rings. The number of thioether (sulfide) groups is 1. The van der Waals surface area contributed by atoms with Crippen LogP contribution in [0.15, 0.2) is 9.82 Å². The molecule has 1 rings (SSSR count). The summed E-state index contributed by atoms with van der Waals surface area (Å²) in [7, 11) is 1.53. The van der Waals surface area contributed by atoms with Gasteiger partial charge in [0.25, 0.3) is 0 Å². The fourth-order valence-electron chi connectivity index (χ4n) is 1.66. The smallest absolute Gasteiger partial charge is 0.346 e. The molecule has 0 aromatic carbocycles. The molecule has 0 fully saturated rings. The standard InChI is InChI=1S/C12H17N3O5S/c1-6(4-20-3)13-8(16)5-21-10-9(11(17)18)7(2)14-12(19)15-10/h6H,4-5H2,1-3H3,(H,13,16)(H,17,18)(H,14,15,19). The lowest BCUT2D eigenvalue weighted by Gasteiger charge is -2.12. The van der Waals surface area contributed by atoms with Gasteiger partial charge >= 0.3 is 11.7 Å². The van der Waals surface area contributed by atoms with Crippen LogP contribution in [0.1, 0.15) is 23.0 Å². The van der Waals surface area contributed by atoms with Crippen LogP contribution in [-0.4, -0.2) is 52.5 Å². The molecule has 8 nitrogen and oxygen atoms in total. The quantitative estimate of drug-likeness (QED) is 0.479. The van der Waals surface area contributed by atoms with Crippen molar-refractivity contribution in [3.05, 3.63) is 21.7 Å². The first-order chi connectivity index (χ1) is 9.85. The summed E-state index contributed by atoms with van der Waals surface area (Å²) in [5, 5.41) is 11.8. The van der Waals surface area contributed by atoms with Gasteiger partial charge in [-0.2, -0.15) is 4.98 Å². The average Bonchev–Trinajstić information content (AvgIpc) is 2.35. The highest BCUT2D eigenvalue weighted by Gasteiger charge is 2.18. The number of aromatic carboxylic acids is 1. The monoisotopic (exact) mass is 315 g/mol. The van der Waals surface area contributed by atoms with E-state index in [4.69, 9.17) is 9.84 Å². The van der Waals surface area contributed by atoms with Crippen LogP contribution in [0.25, 0.3) is 0 Å². The number of H-pyrrole nitrogens is 1. The Bertz CT molecular complexity index is 587. The van der Waals surface area contributed by atoms with Gasteiger partial charge in [-0.3, -0.25) is 4.79 Å². The highest BCUT2D eigenvalue weighted by atomic mass is 32.2. The lowest BCUT2D eigenvalue weighted by Crippen LogP contribution is -2.36. The Kier molecular flexibility index (Phi) is 6.38. The van der Waals surface area contributed by atoms with Gasteiger partial charge in [-0.05, 0) is 13.8 Å². The van der Waals surface area contributed by atoms with Crippen molar-refractivity contribution in [2.45, 2.75) is 24.9 Å². The van der Waals surface area contributed by atoms with E-state index in [1.54, 1.807) is 6.92 Å². The first-order valence-electron chi connectivity index (χ1n) is 6.10. The van der Waals surface area contributed by atoms with Crippen LogP contribution in [-0.2, 0) is 9.53 Å². The molecule has 0 spiro atoms. The zero-order chi connectivity index (χ0) is 16.0. The van der Waals surface area contributed by atoms with E-state index in [9.17, 15) is 14.4 Å². The maximum atomic E-state index is 11.7. The fraction of sp³-hybridized carbons (Fsp3) is 0.500. The number of methoxy groups -OCH3 is 1. The predicted molar refractivity (Wildman–Crippen MR) is 76.8 cm³/mol. The summed E-state index contributed by atoms with van der Waals surface area (Å²) in [6, 6.07) is -0.157. The summed E-state index contributed by atoms with van der Waals surface area (Å²) >= 11 is 0.907. The molecule has 0 saturated heterocycles. The number of aromatic nitrogens is 2. The lowest BCUT2D eigenvalue weighted by molar-refractivity contribution is -0.119. The number of ether oxygens (including phenoxy) is 1. The van der Waals surface area contributed by atoms with Crippen LogP contribution < -0.4 is 11.0 Å². The van der Waals surface area contributed by atoms with Gasteiger partial charge < -0.3 is 20.1 Å². The number of nitrogens with one attached hydrogen (secondary N) is 2. The Morgan fingerprint density at radius 1 is 1.52 bits per heavy atom. The molecule has 1 heterocycles. The molecule has 116 valence electrons. The molecule has 9 heteroatoms. The summed E-state index contributed by atoms with van der Waals surface area (Å²) in [5.41, 5.74) is -0.538. The molecule has 0 aliphatic rings. The number of hydrogen-bond donors (Lipinski definition) is 3. The van der Waals surface area contributed by atoms with Gasteiger partial charge in [0, 0.05) is 18.8 Å². The summed E-state index contributed by atoms with van der Waals surface area (Å²) in [4.78, 5) is 40.1. The number of aromatic amines is 1. The molecule has 0 aliphatic heterocycles. The van der Waals surface area contributed by atoms with E-state index in [0.717, 1.165) is 11.8 Å². The van der Waals surface area contributed by atoms with E-state index in [1.165, 1.54) is 14.0 Å². The van der Waals surface area contributed by atoms with Gasteiger partial charge in [-0.1, -0.05) is 11.8 Å². The normalized spacial score (nSPS) is 12.0. The SMILES string of the molecule is COCC(C)NC(=O)CSc1nc(=O)[nH]c(C)c1C(=O)O. The highest BCUT2D eigenvalue weighted by Crippen LogP contribution is 2.20. The van der Waals surface area contributed by atoms with E-state index in [0.29, 0.717) is 6.61 Å². The Morgan fingerprint density at radius 3 is 2.76 bits per heavy atom. The van der Waals surface area contributed by atoms with Crippen molar-refractivity contribution >= 4 is 23.6 Å². The second kappa shape index (κ2) is 7.79. The van der Waals surface area contributed by atoms with Crippen molar-refractivity contribution in [1.82, 2.24) is 15.3 Å². The van der Waals surface area contributed by atoms with E-state index < -0.39 is 11.7 Å². The van der Waals surface area contributed by atoms with Crippen LogP contribution in [0, 0.1) is 6.92 Å². The minimum atomic E-state index is -1.20. The first-order valence-corrected chi connectivity index (χ1v) is 7.09. The number of carboxylic acid groups (broad SMARTS) is 1. The number of hydrogen-bond acceptors (Lipinski definition) is 6. The summed E-state index contributed by atoms with van der Waals surface area (Å²) in [5.74, 6) is -1.53. The number of carbonyl (C=O) groups is 2. The zero-order valence-electron chi connectivity index (χ0n) is 11.9. The van der Waals surface area contributed by atoms with Crippen molar-refractivity contribution in [3.8, 4) is 0 Å². The lowest BCUT2D eigenvalue weighted by atomic mass is 10.2. The molecular weight excluding hydrogens is 298 g/mol. The van der Waals surface area contributed by atoms with Crippen LogP contribution in [0.4, 0.5) is 0 Å². The van der Waals surface area contributed by atoms with Crippen molar-refractivity contribution in [2.75, 3.05) is 19.5 Å². The van der Waals surface area contributed by atoms with E-state index in [2.05, 4.69) is 15.3 Å². The largest absolute Gasteiger partial charge is 0.478 e. The molecule has 0 radical (unpaired) electrons. The summed E-state index contributed by atoms with van der Waals surface area (Å²) < 4.78 is 4.89. The number of amides is 1. The number of nitrogens with zero attached hydrogens (tertiary/aromatic N) is 1. The van der Waals surface area contributed by atoms with E-state index in [-0.39, 0.29) is 34.0 Å². The van der Waals surface area contributed by atoms with Gasteiger partial charge in [-0.15, -0.1) is 0 Å². The minimum absolute atomic E-state index is 0.0262. The third-order valence-electron chi connectivity index (χ3n) is 2.46. The topological polar surface area (TPSA) is 121 Å². The third kappa shape index (κ3) is 5.20. The Labute approximate surface area is 125 Å². The Hall–Kier alpha value is -1.87. The van der Waals surface area contributed by atoms with Crippen LogP contribution >= 0.6 is 11.8 Å². The molecular formula is C12H17N3O5S. The van der Waals surface area contributed by atoms with Crippen molar-refractivity contribution in [1.29, 1.82) is 0 Å². The van der Waals surface area contributed by atoms with Gasteiger partial charge in [0.2, 0.25) is 5.91 Å². The minimum Gasteiger partial charge on any atom is -0.478 e. The molecule has 0 aliphatic carbocycles. The number of aryl methyl sites for hydroxylation is 1. The molecule has 0 bridgehead atoms. The molecule has 0 saturated carbocycles. The van der Waals surface area contributed by atoms with Gasteiger partial charge in [-0.25, -0.2) is 9.59 Å². The Morgan fingerprint density at radius 2 is 2.19 bits per heavy atom. The Balaban J connectivity index is 2.77. The predicted octanol–water partition coefficient (Wildman–Crippen LogP) is 0.0197. The maximum Gasteiger partial charge on any atom is 0.346 e. The first kappa shape index (κ1) is 17.2. The number of rotatable bonds is 7. The molecule has 1 amide bonds. The van der Waals surface area contributed by atoms with Crippen molar-refractivity contribution < 1.29 is 19.4 Å². The molecule has 1 unspecified atom stereocenters. The number of carbonyl (C=O) groups excluding carboxylic acids is 1. The second-order valence-electron chi connectivity index (χ2n) is 4.36. The van der Waals surface area contributed by atoms with E-state index in [1.807, 2.05) is 0 Å². The number of carboxylic acids is 1. The second-order valence-corrected chi connectivity index (χ2v) is 5.33. The van der Waals surface area contributed by atoms with Gasteiger partial charge in [0.05, 0.1) is 12.4 Å². The average molecular weight is 315 g/mol. The van der Waals surface area contributed by atoms with Crippen LogP contribution in [0.5, 0.6) is 0 Å². The van der Waals surface area contributed by atoms with E-state index >= 15 is 0 Å². The molecule has 1 aromatic heterocycles.